The summed E-state index contributed by atoms with van der Waals surface area (Å²) >= 11 is 0. The van der Waals surface area contributed by atoms with E-state index >= 15 is 0 Å². The maximum Gasteiger partial charge on any atom is 0.251 e. The van der Waals surface area contributed by atoms with Crippen LogP contribution in [0.25, 0.3) is 0 Å². The number of aromatic nitrogens is 2. The van der Waals surface area contributed by atoms with Gasteiger partial charge < -0.3 is 9.72 Å². The molecule has 0 saturated carbocycles. The zero-order valence-corrected chi connectivity index (χ0v) is 10.8. The lowest BCUT2D eigenvalue weighted by Crippen LogP contribution is -2.29. The van der Waals surface area contributed by atoms with E-state index in [9.17, 15) is 4.79 Å². The Morgan fingerprint density at radius 3 is 2.25 bits per heavy atom. The first-order valence-electron chi connectivity index (χ1n) is 5.34. The van der Waals surface area contributed by atoms with Crippen LogP contribution in [-0.4, -0.2) is 17.1 Å². The van der Waals surface area contributed by atoms with Crippen LogP contribution in [-0.2, 0) is 15.8 Å². The van der Waals surface area contributed by atoms with Crippen LogP contribution in [0.2, 0.25) is 0 Å². The zero-order valence-electron chi connectivity index (χ0n) is 10.8. The summed E-state index contributed by atoms with van der Waals surface area (Å²) in [7, 11) is 1.60. The lowest BCUT2D eigenvalue weighted by Gasteiger charge is -2.24. The highest BCUT2D eigenvalue weighted by Crippen LogP contribution is 2.23. The quantitative estimate of drug-likeness (QED) is 0.835. The van der Waals surface area contributed by atoms with E-state index in [2.05, 4.69) is 9.97 Å². The maximum absolute atomic E-state index is 11.6. The molecule has 0 aliphatic rings. The second kappa shape index (κ2) is 4.01. The highest BCUT2D eigenvalue weighted by Gasteiger charge is 2.25. The fourth-order valence-electron chi connectivity index (χ4n) is 1.22. The molecule has 0 fully saturated rings. The van der Waals surface area contributed by atoms with E-state index in [1.807, 2.05) is 34.6 Å². The molecule has 0 bridgehead atoms. The van der Waals surface area contributed by atoms with Gasteiger partial charge in [-0.15, -0.1) is 0 Å². The van der Waals surface area contributed by atoms with E-state index in [0.29, 0.717) is 5.82 Å². The Balaban J connectivity index is 3.35. The van der Waals surface area contributed by atoms with E-state index in [1.165, 1.54) is 6.07 Å². The number of hydrogen-bond acceptors (Lipinski definition) is 3. The molecule has 0 amide bonds. The summed E-state index contributed by atoms with van der Waals surface area (Å²) in [5.74, 6) is 0.562. The van der Waals surface area contributed by atoms with Gasteiger partial charge in [0.15, 0.2) is 0 Å². The van der Waals surface area contributed by atoms with Crippen molar-refractivity contribution in [3.05, 3.63) is 27.9 Å². The van der Waals surface area contributed by atoms with Crippen LogP contribution >= 0.6 is 0 Å². The van der Waals surface area contributed by atoms with Gasteiger partial charge in [-0.1, -0.05) is 20.8 Å². The summed E-state index contributed by atoms with van der Waals surface area (Å²) in [6.45, 7) is 9.82. The first-order chi connectivity index (χ1) is 7.16. The van der Waals surface area contributed by atoms with Gasteiger partial charge in [0.1, 0.15) is 11.4 Å². The maximum atomic E-state index is 11.6. The number of rotatable bonds is 2. The number of nitrogens with zero attached hydrogens (tertiary/aromatic N) is 1. The van der Waals surface area contributed by atoms with Gasteiger partial charge in [-0.2, -0.15) is 0 Å². The topological polar surface area (TPSA) is 55.0 Å². The molecule has 0 aromatic carbocycles. The lowest BCUT2D eigenvalue weighted by atomic mass is 9.91. The molecule has 0 spiro atoms. The Kier molecular flexibility index (Phi) is 3.24. The number of hydrogen-bond donors (Lipinski definition) is 1. The van der Waals surface area contributed by atoms with Gasteiger partial charge in [-0.05, 0) is 13.8 Å². The van der Waals surface area contributed by atoms with Crippen LogP contribution in [0.3, 0.4) is 0 Å². The van der Waals surface area contributed by atoms with E-state index < -0.39 is 5.60 Å². The molecule has 0 unspecified atom stereocenters. The van der Waals surface area contributed by atoms with Gasteiger partial charge in [-0.25, -0.2) is 4.98 Å². The molecule has 0 saturated heterocycles. The predicted molar refractivity (Wildman–Crippen MR) is 63.6 cm³/mol. The fraction of sp³-hybridized carbons (Fsp3) is 0.667. The van der Waals surface area contributed by atoms with Gasteiger partial charge in [-0.3, -0.25) is 4.79 Å². The van der Waals surface area contributed by atoms with Gasteiger partial charge in [0.05, 0.1) is 5.69 Å². The van der Waals surface area contributed by atoms with E-state index in [1.54, 1.807) is 7.11 Å². The Labute approximate surface area is 96.1 Å². The van der Waals surface area contributed by atoms with E-state index in [-0.39, 0.29) is 11.0 Å². The molecule has 0 aliphatic carbocycles. The second-order valence-corrected chi connectivity index (χ2v) is 5.44. The summed E-state index contributed by atoms with van der Waals surface area (Å²) in [5, 5.41) is 0. The predicted octanol–water partition coefficient (Wildman–Crippen LogP) is 1.95. The number of nitrogens with one attached hydrogen (secondary N) is 1. The third-order valence-electron chi connectivity index (χ3n) is 2.59. The molecule has 1 heterocycles. The largest absolute Gasteiger partial charge is 0.371 e. The third-order valence-corrected chi connectivity index (χ3v) is 2.59. The highest BCUT2D eigenvalue weighted by molar-refractivity contribution is 5.14. The van der Waals surface area contributed by atoms with Crippen LogP contribution in [0.1, 0.15) is 46.1 Å². The summed E-state index contributed by atoms with van der Waals surface area (Å²) < 4.78 is 5.31. The van der Waals surface area contributed by atoms with Gasteiger partial charge in [0, 0.05) is 18.6 Å². The number of methoxy groups -OCH3 is 1. The molecule has 1 N–H and O–H groups in total. The van der Waals surface area contributed by atoms with Crippen LogP contribution < -0.4 is 5.56 Å². The molecular formula is C12H20N2O2. The van der Waals surface area contributed by atoms with Crippen molar-refractivity contribution in [2.45, 2.75) is 45.6 Å². The standard InChI is InChI=1S/C12H20N2O2/c1-11(2,3)8-7-9(15)14-10(13-8)12(4,5)16-6/h7H,1-6H3,(H,13,14,15). The zero-order chi connectivity index (χ0) is 12.6. The van der Waals surface area contributed by atoms with Crippen LogP contribution in [0, 0.1) is 0 Å². The van der Waals surface area contributed by atoms with Crippen LogP contribution in [0.4, 0.5) is 0 Å². The Hall–Kier alpha value is -1.16. The molecule has 16 heavy (non-hydrogen) atoms. The van der Waals surface area contributed by atoms with Crippen molar-refractivity contribution in [2.24, 2.45) is 0 Å². The monoisotopic (exact) mass is 224 g/mol. The molecule has 4 heteroatoms. The third kappa shape index (κ3) is 2.70. The van der Waals surface area contributed by atoms with Gasteiger partial charge in [0.2, 0.25) is 0 Å². The Bertz CT molecular complexity index is 427. The summed E-state index contributed by atoms with van der Waals surface area (Å²) in [6, 6.07) is 1.54. The molecular weight excluding hydrogens is 204 g/mol. The minimum atomic E-state index is -0.583. The SMILES string of the molecule is COC(C)(C)c1nc(C(C)(C)C)cc(=O)[nH]1. The van der Waals surface area contributed by atoms with Crippen molar-refractivity contribution in [2.75, 3.05) is 7.11 Å². The van der Waals surface area contributed by atoms with E-state index in [0.717, 1.165) is 5.69 Å². The van der Waals surface area contributed by atoms with Crippen molar-refractivity contribution < 1.29 is 4.74 Å². The molecule has 1 aromatic rings. The van der Waals surface area contributed by atoms with Gasteiger partial charge in [0.25, 0.3) is 5.56 Å². The average Bonchev–Trinajstić information content (AvgIpc) is 2.15. The minimum Gasteiger partial charge on any atom is -0.371 e. The van der Waals surface area contributed by atoms with Crippen LogP contribution in [0.15, 0.2) is 10.9 Å². The highest BCUT2D eigenvalue weighted by atomic mass is 16.5. The molecule has 1 aromatic heterocycles. The van der Waals surface area contributed by atoms with Crippen molar-refractivity contribution in [3.8, 4) is 0 Å². The fourth-order valence-corrected chi connectivity index (χ4v) is 1.22. The summed E-state index contributed by atoms with van der Waals surface area (Å²) in [5.41, 5.74) is -0.0933. The normalized spacial score (nSPS) is 12.9. The van der Waals surface area contributed by atoms with Gasteiger partial charge >= 0.3 is 0 Å². The molecule has 1 rings (SSSR count). The number of aromatic amines is 1. The number of ether oxygens (including phenoxy) is 1. The molecule has 4 nitrogen and oxygen atoms in total. The van der Waals surface area contributed by atoms with Crippen molar-refractivity contribution in [3.63, 3.8) is 0 Å². The smallest absolute Gasteiger partial charge is 0.251 e. The Morgan fingerprint density at radius 1 is 1.25 bits per heavy atom. The molecule has 0 aliphatic heterocycles. The minimum absolute atomic E-state index is 0.139. The Morgan fingerprint density at radius 2 is 1.81 bits per heavy atom. The molecule has 0 atom stereocenters. The molecule has 90 valence electrons. The van der Waals surface area contributed by atoms with Crippen molar-refractivity contribution >= 4 is 0 Å². The lowest BCUT2D eigenvalue weighted by molar-refractivity contribution is 0.0109. The van der Waals surface area contributed by atoms with E-state index in [4.69, 9.17) is 4.74 Å². The summed E-state index contributed by atoms with van der Waals surface area (Å²) in [6.07, 6.45) is 0. The second-order valence-electron chi connectivity index (χ2n) is 5.44. The first-order valence-corrected chi connectivity index (χ1v) is 5.34. The average molecular weight is 224 g/mol. The summed E-state index contributed by atoms with van der Waals surface area (Å²) in [4.78, 5) is 18.8. The van der Waals surface area contributed by atoms with Crippen molar-refractivity contribution in [1.29, 1.82) is 0 Å². The van der Waals surface area contributed by atoms with Crippen molar-refractivity contribution in [1.82, 2.24) is 9.97 Å². The number of H-pyrrole nitrogens is 1. The molecule has 0 radical (unpaired) electrons. The van der Waals surface area contributed by atoms with Crippen LogP contribution in [0.5, 0.6) is 0 Å². The first kappa shape index (κ1) is 12.9.